The van der Waals surface area contributed by atoms with Crippen LogP contribution in [-0.4, -0.2) is 34.5 Å². The van der Waals surface area contributed by atoms with Crippen molar-refractivity contribution in [1.29, 1.82) is 0 Å². The van der Waals surface area contributed by atoms with Crippen molar-refractivity contribution in [2.45, 2.75) is 39.0 Å². The third kappa shape index (κ3) is 2.49. The van der Waals surface area contributed by atoms with Crippen molar-refractivity contribution in [3.8, 4) is 0 Å². The Hall–Kier alpha value is -0.960. The molecule has 3 rings (SSSR count). The van der Waals surface area contributed by atoms with Crippen LogP contribution in [-0.2, 0) is 19.3 Å². The van der Waals surface area contributed by atoms with Crippen LogP contribution in [0, 0.1) is 5.92 Å². The van der Waals surface area contributed by atoms with Crippen LogP contribution >= 0.6 is 0 Å². The second-order valence-corrected chi connectivity index (χ2v) is 5.34. The molecular weight excluding hydrogens is 210 g/mol. The zero-order valence-electron chi connectivity index (χ0n) is 10.7. The summed E-state index contributed by atoms with van der Waals surface area (Å²) in [7, 11) is 0. The first-order valence-electron chi connectivity index (χ1n) is 6.90. The number of fused-ring (bicyclic) bond motifs is 1. The third-order valence-corrected chi connectivity index (χ3v) is 4.01. The second-order valence-electron chi connectivity index (χ2n) is 5.34. The average molecular weight is 231 g/mol. The molecule has 0 amide bonds. The van der Waals surface area contributed by atoms with Gasteiger partial charge in [0.25, 0.3) is 0 Å². The Balaban J connectivity index is 1.74. The average Bonchev–Trinajstić information content (AvgIpc) is 3.17. The summed E-state index contributed by atoms with van der Waals surface area (Å²) in [5.74, 6) is 0.993. The van der Waals surface area contributed by atoms with E-state index in [-0.39, 0.29) is 0 Å². The summed E-state index contributed by atoms with van der Waals surface area (Å²) in [6.07, 6.45) is 7.93. The molecule has 17 heavy (non-hydrogen) atoms. The molecule has 2 heterocycles. The number of aromatic nitrogens is 2. The Morgan fingerprint density at radius 3 is 2.82 bits per heavy atom. The molecule has 0 spiro atoms. The predicted octanol–water partition coefficient (Wildman–Crippen LogP) is 1.85. The quantitative estimate of drug-likeness (QED) is 0.795. The highest BCUT2D eigenvalue weighted by Crippen LogP contribution is 2.30. The van der Waals surface area contributed by atoms with Gasteiger partial charge in [-0.2, -0.15) is 0 Å². The van der Waals surface area contributed by atoms with Gasteiger partial charge < -0.3 is 4.90 Å². The van der Waals surface area contributed by atoms with E-state index in [0.717, 1.165) is 25.2 Å². The van der Waals surface area contributed by atoms with Crippen LogP contribution in [0.1, 0.15) is 36.7 Å². The molecule has 0 N–H and O–H groups in total. The smallest absolute Gasteiger partial charge is 0.115 e. The minimum atomic E-state index is 0.993. The largest absolute Gasteiger partial charge is 0.302 e. The van der Waals surface area contributed by atoms with Crippen molar-refractivity contribution in [2.75, 3.05) is 19.6 Å². The fourth-order valence-electron chi connectivity index (χ4n) is 2.79. The maximum absolute atomic E-state index is 4.48. The van der Waals surface area contributed by atoms with Crippen LogP contribution in [0.2, 0.25) is 0 Å². The lowest BCUT2D eigenvalue weighted by molar-refractivity contribution is 0.275. The molecule has 1 saturated carbocycles. The van der Waals surface area contributed by atoms with Gasteiger partial charge in [0, 0.05) is 37.4 Å². The van der Waals surface area contributed by atoms with Crippen LogP contribution in [0.15, 0.2) is 6.33 Å². The molecule has 2 aliphatic rings. The maximum Gasteiger partial charge on any atom is 0.115 e. The molecule has 0 aromatic carbocycles. The molecule has 3 heteroatoms. The van der Waals surface area contributed by atoms with E-state index in [4.69, 9.17) is 0 Å². The van der Waals surface area contributed by atoms with E-state index in [1.807, 2.05) is 0 Å². The third-order valence-electron chi connectivity index (χ3n) is 4.01. The molecular formula is C14H21N3. The number of aryl methyl sites for hydroxylation is 1. The minimum Gasteiger partial charge on any atom is -0.302 e. The molecule has 1 aromatic heterocycles. The summed E-state index contributed by atoms with van der Waals surface area (Å²) in [6.45, 7) is 5.88. The van der Waals surface area contributed by atoms with E-state index in [9.17, 15) is 0 Å². The molecule has 92 valence electrons. The normalized spacial score (nSPS) is 21.0. The van der Waals surface area contributed by atoms with Gasteiger partial charge in [-0.1, -0.05) is 6.92 Å². The highest BCUT2D eigenvalue weighted by atomic mass is 15.1. The van der Waals surface area contributed by atoms with E-state index in [2.05, 4.69) is 21.8 Å². The van der Waals surface area contributed by atoms with Crippen molar-refractivity contribution >= 4 is 0 Å². The van der Waals surface area contributed by atoms with Crippen LogP contribution in [0.25, 0.3) is 0 Å². The Morgan fingerprint density at radius 1 is 1.24 bits per heavy atom. The Labute approximate surface area is 103 Å². The van der Waals surface area contributed by atoms with Crippen molar-refractivity contribution in [2.24, 2.45) is 5.92 Å². The molecule has 1 aliphatic heterocycles. The first kappa shape index (κ1) is 11.1. The molecule has 0 radical (unpaired) electrons. The molecule has 0 unspecified atom stereocenters. The van der Waals surface area contributed by atoms with E-state index in [1.165, 1.54) is 49.4 Å². The predicted molar refractivity (Wildman–Crippen MR) is 68.0 cm³/mol. The first-order chi connectivity index (χ1) is 8.36. The maximum atomic E-state index is 4.48. The monoisotopic (exact) mass is 231 g/mol. The lowest BCUT2D eigenvalue weighted by Crippen LogP contribution is -2.28. The Bertz CT molecular complexity index is 398. The van der Waals surface area contributed by atoms with Crippen LogP contribution in [0.4, 0.5) is 0 Å². The molecule has 1 aromatic rings. The highest BCUT2D eigenvalue weighted by molar-refractivity contribution is 5.26. The molecule has 1 fully saturated rings. The summed E-state index contributed by atoms with van der Waals surface area (Å²) in [6, 6.07) is 0. The van der Waals surface area contributed by atoms with Gasteiger partial charge in [0.2, 0.25) is 0 Å². The fraction of sp³-hybridized carbons (Fsp3) is 0.714. The SMILES string of the molecule is CCc1ncnc2c1CCN(CC1CC1)CC2. The van der Waals surface area contributed by atoms with Gasteiger partial charge in [0.05, 0.1) is 0 Å². The Kier molecular flexibility index (Phi) is 3.10. The van der Waals surface area contributed by atoms with Gasteiger partial charge >= 0.3 is 0 Å². The number of hydrogen-bond donors (Lipinski definition) is 0. The van der Waals surface area contributed by atoms with Crippen molar-refractivity contribution in [1.82, 2.24) is 14.9 Å². The van der Waals surface area contributed by atoms with Gasteiger partial charge in [-0.15, -0.1) is 0 Å². The van der Waals surface area contributed by atoms with Crippen molar-refractivity contribution in [3.63, 3.8) is 0 Å². The highest BCUT2D eigenvalue weighted by Gasteiger charge is 2.25. The van der Waals surface area contributed by atoms with Gasteiger partial charge in [0.15, 0.2) is 0 Å². The lowest BCUT2D eigenvalue weighted by atomic mass is 10.1. The summed E-state index contributed by atoms with van der Waals surface area (Å²) in [4.78, 5) is 11.5. The second kappa shape index (κ2) is 4.73. The topological polar surface area (TPSA) is 29.0 Å². The zero-order valence-corrected chi connectivity index (χ0v) is 10.7. The van der Waals surface area contributed by atoms with Crippen molar-refractivity contribution in [3.05, 3.63) is 23.3 Å². The van der Waals surface area contributed by atoms with E-state index in [0.29, 0.717) is 0 Å². The summed E-state index contributed by atoms with van der Waals surface area (Å²) in [5.41, 5.74) is 4.01. The summed E-state index contributed by atoms with van der Waals surface area (Å²) >= 11 is 0. The van der Waals surface area contributed by atoms with E-state index in [1.54, 1.807) is 6.33 Å². The molecule has 3 nitrogen and oxygen atoms in total. The molecule has 0 saturated heterocycles. The summed E-state index contributed by atoms with van der Waals surface area (Å²) in [5, 5.41) is 0. The Morgan fingerprint density at radius 2 is 2.06 bits per heavy atom. The fourth-order valence-corrected chi connectivity index (χ4v) is 2.79. The minimum absolute atomic E-state index is 0.993. The molecule has 0 bridgehead atoms. The van der Waals surface area contributed by atoms with Gasteiger partial charge in [-0.05, 0) is 37.2 Å². The summed E-state index contributed by atoms with van der Waals surface area (Å²) < 4.78 is 0. The van der Waals surface area contributed by atoms with E-state index >= 15 is 0 Å². The zero-order chi connectivity index (χ0) is 11.7. The van der Waals surface area contributed by atoms with Gasteiger partial charge in [-0.25, -0.2) is 9.97 Å². The van der Waals surface area contributed by atoms with Gasteiger partial charge in [0.1, 0.15) is 6.33 Å². The van der Waals surface area contributed by atoms with E-state index < -0.39 is 0 Å². The number of hydrogen-bond acceptors (Lipinski definition) is 3. The van der Waals surface area contributed by atoms with Gasteiger partial charge in [-0.3, -0.25) is 0 Å². The standard InChI is InChI=1S/C14H21N3/c1-2-13-12-5-7-17(9-11-3-4-11)8-6-14(12)16-10-15-13/h10-11H,2-9H2,1H3. The first-order valence-corrected chi connectivity index (χ1v) is 6.90. The number of rotatable bonds is 3. The van der Waals surface area contributed by atoms with Crippen LogP contribution in [0.5, 0.6) is 0 Å². The lowest BCUT2D eigenvalue weighted by Gasteiger charge is -2.18. The van der Waals surface area contributed by atoms with Crippen molar-refractivity contribution < 1.29 is 0 Å². The van der Waals surface area contributed by atoms with Crippen LogP contribution < -0.4 is 0 Å². The van der Waals surface area contributed by atoms with Crippen LogP contribution in [0.3, 0.4) is 0 Å². The number of nitrogens with zero attached hydrogens (tertiary/aromatic N) is 3. The molecule has 1 aliphatic carbocycles. The molecule has 0 atom stereocenters.